The van der Waals surface area contributed by atoms with Crippen molar-refractivity contribution in [3.63, 3.8) is 0 Å². The van der Waals surface area contributed by atoms with E-state index >= 15 is 0 Å². The van der Waals surface area contributed by atoms with Crippen molar-refractivity contribution in [1.29, 1.82) is 0 Å². The molecule has 1 aliphatic heterocycles. The number of rotatable bonds is 5. The molecule has 2 atom stereocenters. The lowest BCUT2D eigenvalue weighted by atomic mass is 9.64. The summed E-state index contributed by atoms with van der Waals surface area (Å²) in [5.41, 5.74) is 0.343. The minimum Gasteiger partial charge on any atom is -0.496 e. The fraction of sp³-hybridized carbons (Fsp3) is 0.619. The van der Waals surface area contributed by atoms with Gasteiger partial charge in [0.15, 0.2) is 0 Å². The quantitative estimate of drug-likeness (QED) is 0.833. The molecule has 2 aliphatic carbocycles. The van der Waals surface area contributed by atoms with Gasteiger partial charge in [-0.3, -0.25) is 4.79 Å². The first-order chi connectivity index (χ1) is 13.0. The molecule has 0 bridgehead atoms. The number of fused-ring (bicyclic) bond motifs is 1. The molecule has 1 saturated heterocycles. The molecule has 2 N–H and O–H groups in total. The number of para-hydroxylation sites is 1. The number of urea groups is 1. The fourth-order valence-corrected chi connectivity index (χ4v) is 5.38. The van der Waals surface area contributed by atoms with Gasteiger partial charge in [-0.2, -0.15) is 0 Å². The van der Waals surface area contributed by atoms with Gasteiger partial charge in [0.25, 0.3) is 0 Å². The monoisotopic (exact) mass is 372 g/mol. The molecule has 3 aliphatic rings. The van der Waals surface area contributed by atoms with Crippen LogP contribution in [0.1, 0.15) is 44.1 Å². The Kier molecular flexibility index (Phi) is 4.52. The van der Waals surface area contributed by atoms with Crippen LogP contribution in [0.5, 0.6) is 5.75 Å². The van der Waals surface area contributed by atoms with Crippen molar-refractivity contribution in [2.45, 2.75) is 43.9 Å². The Labute approximate surface area is 159 Å². The molecule has 1 aromatic rings. The standard InChI is InChI=1S/C21H28N2O4/c1-27-17-8-3-2-7-16(17)20(9-5-10-20)13-22-19(26)23-12-15-6-4-11-21(15,14-23)18(24)25/h2-3,7-8,15H,4-6,9-14H2,1H3,(H,22,26)(H,24,25)/t15-,21+/m0/s1. The maximum atomic E-state index is 12.8. The Balaban J connectivity index is 1.44. The number of aliphatic carboxylic acids is 1. The number of carboxylic acid groups (broad SMARTS) is 1. The number of nitrogens with zero attached hydrogens (tertiary/aromatic N) is 1. The van der Waals surface area contributed by atoms with E-state index in [1.54, 1.807) is 12.0 Å². The summed E-state index contributed by atoms with van der Waals surface area (Å²) >= 11 is 0. The molecular weight excluding hydrogens is 344 g/mol. The first-order valence-electron chi connectivity index (χ1n) is 9.90. The molecule has 27 heavy (non-hydrogen) atoms. The van der Waals surface area contributed by atoms with Crippen LogP contribution in [0.3, 0.4) is 0 Å². The van der Waals surface area contributed by atoms with E-state index in [1.165, 1.54) is 0 Å². The highest BCUT2D eigenvalue weighted by Gasteiger charge is 2.56. The van der Waals surface area contributed by atoms with Crippen molar-refractivity contribution in [2.24, 2.45) is 11.3 Å². The van der Waals surface area contributed by atoms with E-state index in [1.807, 2.05) is 18.2 Å². The average Bonchev–Trinajstić information content (AvgIpc) is 3.19. The molecular formula is C21H28N2O4. The highest BCUT2D eigenvalue weighted by atomic mass is 16.5. The maximum Gasteiger partial charge on any atom is 0.317 e. The third-order valence-corrected chi connectivity index (χ3v) is 7.15. The lowest BCUT2D eigenvalue weighted by Crippen LogP contribution is -2.49. The second-order valence-electron chi connectivity index (χ2n) is 8.42. The minimum atomic E-state index is -0.746. The van der Waals surface area contributed by atoms with Crippen molar-refractivity contribution >= 4 is 12.0 Å². The summed E-state index contributed by atoms with van der Waals surface area (Å²) in [5, 5.41) is 12.8. The number of amides is 2. The number of hydrogen-bond acceptors (Lipinski definition) is 3. The number of methoxy groups -OCH3 is 1. The Morgan fingerprint density at radius 3 is 2.67 bits per heavy atom. The van der Waals surface area contributed by atoms with Crippen molar-refractivity contribution in [3.05, 3.63) is 29.8 Å². The van der Waals surface area contributed by atoms with Crippen LogP contribution in [-0.4, -0.2) is 48.8 Å². The van der Waals surface area contributed by atoms with Gasteiger partial charge >= 0.3 is 12.0 Å². The van der Waals surface area contributed by atoms with Crippen molar-refractivity contribution in [2.75, 3.05) is 26.7 Å². The van der Waals surface area contributed by atoms with Gasteiger partial charge in [-0.15, -0.1) is 0 Å². The van der Waals surface area contributed by atoms with Gasteiger partial charge in [0.2, 0.25) is 0 Å². The zero-order chi connectivity index (χ0) is 19.1. The van der Waals surface area contributed by atoms with Crippen molar-refractivity contribution < 1.29 is 19.4 Å². The summed E-state index contributed by atoms with van der Waals surface area (Å²) < 4.78 is 5.54. The lowest BCUT2D eigenvalue weighted by Gasteiger charge is -2.43. The molecule has 0 aromatic heterocycles. The van der Waals surface area contributed by atoms with Gasteiger partial charge in [-0.05, 0) is 37.7 Å². The first-order valence-corrected chi connectivity index (χ1v) is 9.90. The number of carbonyl (C=O) groups is 2. The number of nitrogens with one attached hydrogen (secondary N) is 1. The summed E-state index contributed by atoms with van der Waals surface area (Å²) in [7, 11) is 1.68. The van der Waals surface area contributed by atoms with E-state index in [2.05, 4.69) is 11.4 Å². The summed E-state index contributed by atoms with van der Waals surface area (Å²) in [6.45, 7) is 1.45. The molecule has 2 saturated carbocycles. The summed E-state index contributed by atoms with van der Waals surface area (Å²) in [6, 6.07) is 7.89. The van der Waals surface area contributed by atoms with Gasteiger partial charge in [0, 0.05) is 30.6 Å². The van der Waals surface area contributed by atoms with Crippen LogP contribution in [0.4, 0.5) is 4.79 Å². The molecule has 146 valence electrons. The van der Waals surface area contributed by atoms with Crippen LogP contribution >= 0.6 is 0 Å². The van der Waals surface area contributed by atoms with Gasteiger partial charge < -0.3 is 20.1 Å². The highest BCUT2D eigenvalue weighted by molar-refractivity contribution is 5.80. The van der Waals surface area contributed by atoms with Crippen LogP contribution in [0.15, 0.2) is 24.3 Å². The van der Waals surface area contributed by atoms with E-state index in [4.69, 9.17) is 4.74 Å². The van der Waals surface area contributed by atoms with Crippen LogP contribution in [0.25, 0.3) is 0 Å². The molecule has 3 fully saturated rings. The molecule has 6 heteroatoms. The number of benzene rings is 1. The molecule has 4 rings (SSSR count). The topological polar surface area (TPSA) is 78.9 Å². The highest BCUT2D eigenvalue weighted by Crippen LogP contribution is 2.49. The Hall–Kier alpha value is -2.24. The second kappa shape index (κ2) is 6.73. The lowest BCUT2D eigenvalue weighted by molar-refractivity contribution is -0.149. The van der Waals surface area contributed by atoms with E-state index in [0.29, 0.717) is 26.1 Å². The first kappa shape index (κ1) is 18.1. The largest absolute Gasteiger partial charge is 0.496 e. The molecule has 6 nitrogen and oxygen atoms in total. The van der Waals surface area contributed by atoms with Crippen LogP contribution in [0, 0.1) is 11.3 Å². The summed E-state index contributed by atoms with van der Waals surface area (Å²) in [6.07, 6.45) is 5.72. The number of hydrogen-bond donors (Lipinski definition) is 2. The van der Waals surface area contributed by atoms with E-state index in [0.717, 1.165) is 43.4 Å². The SMILES string of the molecule is COc1ccccc1C1(CNC(=O)N2C[C@@H]3CCC[C@@]3(C(=O)O)C2)CCC1. The molecule has 1 aromatic carbocycles. The third kappa shape index (κ3) is 2.86. The molecule has 0 radical (unpaired) electrons. The fourth-order valence-electron chi connectivity index (χ4n) is 5.38. The maximum absolute atomic E-state index is 12.8. The van der Waals surface area contributed by atoms with Crippen LogP contribution < -0.4 is 10.1 Å². The van der Waals surface area contributed by atoms with E-state index in [-0.39, 0.29) is 17.4 Å². The smallest absolute Gasteiger partial charge is 0.317 e. The van der Waals surface area contributed by atoms with E-state index in [9.17, 15) is 14.7 Å². The molecule has 2 amide bonds. The number of carbonyl (C=O) groups excluding carboxylic acids is 1. The van der Waals surface area contributed by atoms with Crippen molar-refractivity contribution in [3.8, 4) is 5.75 Å². The van der Waals surface area contributed by atoms with Crippen LogP contribution in [-0.2, 0) is 10.2 Å². The summed E-state index contributed by atoms with van der Waals surface area (Å²) in [4.78, 5) is 26.3. The average molecular weight is 372 g/mol. The number of carboxylic acids is 1. The second-order valence-corrected chi connectivity index (χ2v) is 8.42. The zero-order valence-electron chi connectivity index (χ0n) is 15.9. The van der Waals surface area contributed by atoms with Gasteiger partial charge in [0.1, 0.15) is 5.75 Å². The van der Waals surface area contributed by atoms with Crippen LogP contribution in [0.2, 0.25) is 0 Å². The molecule has 0 unspecified atom stereocenters. The predicted octanol–water partition coefficient (Wildman–Crippen LogP) is 3.01. The van der Waals surface area contributed by atoms with Crippen molar-refractivity contribution in [1.82, 2.24) is 10.2 Å². The summed E-state index contributed by atoms with van der Waals surface area (Å²) in [5.74, 6) is 0.212. The van der Waals surface area contributed by atoms with Gasteiger partial charge in [-0.25, -0.2) is 4.79 Å². The third-order valence-electron chi connectivity index (χ3n) is 7.15. The Bertz CT molecular complexity index is 745. The number of likely N-dealkylation sites (tertiary alicyclic amines) is 1. The van der Waals surface area contributed by atoms with Gasteiger partial charge in [0.05, 0.1) is 12.5 Å². The minimum absolute atomic E-state index is 0.0810. The normalized spacial score (nSPS) is 28.3. The predicted molar refractivity (Wildman–Crippen MR) is 101 cm³/mol. The molecule has 1 heterocycles. The Morgan fingerprint density at radius 1 is 1.26 bits per heavy atom. The number of ether oxygens (including phenoxy) is 1. The zero-order valence-corrected chi connectivity index (χ0v) is 15.9. The molecule has 0 spiro atoms. The van der Waals surface area contributed by atoms with Gasteiger partial charge in [-0.1, -0.05) is 31.0 Å². The Morgan fingerprint density at radius 2 is 2.04 bits per heavy atom. The van der Waals surface area contributed by atoms with E-state index < -0.39 is 11.4 Å².